The summed E-state index contributed by atoms with van der Waals surface area (Å²) in [6, 6.07) is 24.5. The molecule has 0 aliphatic heterocycles. The molecule has 0 fully saturated rings. The molecule has 0 aliphatic rings. The topological polar surface area (TPSA) is 63.2 Å². The number of aromatic nitrogens is 3. The summed E-state index contributed by atoms with van der Waals surface area (Å²) in [5.74, 6) is 1.35. The standard InChI is InChI=1S/C25H27N5O/c1-30(2)24-22-13-6-7-14-23(22)25(29-28-24)31-18-21-12-8-11-20(27-21)17-26-16-15-19-9-4-3-5-10-19/h3-14,26H,15-18H2,1-2H3. The van der Waals surface area contributed by atoms with Crippen molar-refractivity contribution in [2.45, 2.75) is 19.6 Å². The fraction of sp³-hybridized carbons (Fsp3) is 0.240. The van der Waals surface area contributed by atoms with Gasteiger partial charge in [0, 0.05) is 31.4 Å². The van der Waals surface area contributed by atoms with Gasteiger partial charge in [-0.3, -0.25) is 4.98 Å². The Bertz CT molecular complexity index is 1130. The highest BCUT2D eigenvalue weighted by Gasteiger charge is 2.11. The average molecular weight is 414 g/mol. The number of pyridine rings is 1. The fourth-order valence-corrected chi connectivity index (χ4v) is 3.45. The lowest BCUT2D eigenvalue weighted by molar-refractivity contribution is 0.289. The lowest BCUT2D eigenvalue weighted by atomic mass is 10.1. The number of rotatable bonds is 9. The summed E-state index contributed by atoms with van der Waals surface area (Å²) < 4.78 is 6.00. The molecule has 31 heavy (non-hydrogen) atoms. The van der Waals surface area contributed by atoms with Gasteiger partial charge in [-0.25, -0.2) is 0 Å². The smallest absolute Gasteiger partial charge is 0.241 e. The van der Waals surface area contributed by atoms with Crippen LogP contribution < -0.4 is 15.0 Å². The lowest BCUT2D eigenvalue weighted by Crippen LogP contribution is -2.18. The van der Waals surface area contributed by atoms with E-state index in [9.17, 15) is 0 Å². The van der Waals surface area contributed by atoms with E-state index in [1.807, 2.05) is 67.5 Å². The summed E-state index contributed by atoms with van der Waals surface area (Å²) in [7, 11) is 3.92. The average Bonchev–Trinajstić information content (AvgIpc) is 2.81. The predicted molar refractivity (Wildman–Crippen MR) is 124 cm³/mol. The van der Waals surface area contributed by atoms with Gasteiger partial charge in [0.05, 0.1) is 11.4 Å². The second-order valence-corrected chi connectivity index (χ2v) is 7.59. The van der Waals surface area contributed by atoms with Crippen LogP contribution in [0.4, 0.5) is 5.82 Å². The molecule has 0 spiro atoms. The summed E-state index contributed by atoms with van der Waals surface area (Å²) in [6.07, 6.45) is 0.998. The van der Waals surface area contributed by atoms with E-state index in [0.717, 1.165) is 47.5 Å². The van der Waals surface area contributed by atoms with E-state index in [1.165, 1.54) is 5.56 Å². The molecule has 0 saturated carbocycles. The molecule has 6 heteroatoms. The molecular weight excluding hydrogens is 386 g/mol. The van der Waals surface area contributed by atoms with Gasteiger partial charge in [-0.05, 0) is 36.7 Å². The highest BCUT2D eigenvalue weighted by atomic mass is 16.5. The van der Waals surface area contributed by atoms with Crippen LogP contribution in [0, 0.1) is 0 Å². The zero-order chi connectivity index (χ0) is 21.5. The summed E-state index contributed by atoms with van der Waals surface area (Å²) in [4.78, 5) is 6.67. The number of nitrogens with zero attached hydrogens (tertiary/aromatic N) is 4. The summed E-state index contributed by atoms with van der Waals surface area (Å²) >= 11 is 0. The first kappa shape index (κ1) is 20.8. The highest BCUT2D eigenvalue weighted by molar-refractivity contribution is 5.94. The van der Waals surface area contributed by atoms with Crippen molar-refractivity contribution >= 4 is 16.6 Å². The van der Waals surface area contributed by atoms with Crippen LogP contribution in [0.2, 0.25) is 0 Å². The van der Waals surface area contributed by atoms with Crippen molar-refractivity contribution in [2.24, 2.45) is 0 Å². The van der Waals surface area contributed by atoms with Gasteiger partial charge in [0.2, 0.25) is 5.88 Å². The maximum atomic E-state index is 6.00. The van der Waals surface area contributed by atoms with Crippen LogP contribution in [0.15, 0.2) is 72.8 Å². The molecule has 4 rings (SSSR count). The monoisotopic (exact) mass is 413 g/mol. The van der Waals surface area contributed by atoms with Gasteiger partial charge in [0.15, 0.2) is 5.82 Å². The second kappa shape index (κ2) is 10.00. The first-order chi connectivity index (χ1) is 15.2. The third-order valence-corrected chi connectivity index (χ3v) is 5.02. The number of ether oxygens (including phenoxy) is 1. The summed E-state index contributed by atoms with van der Waals surface area (Å²) in [6.45, 7) is 1.98. The van der Waals surface area contributed by atoms with Crippen molar-refractivity contribution in [3.05, 3.63) is 89.7 Å². The molecule has 1 N–H and O–H groups in total. The maximum Gasteiger partial charge on any atom is 0.241 e. The molecule has 0 aliphatic carbocycles. The predicted octanol–water partition coefficient (Wildman–Crippen LogP) is 4.00. The highest BCUT2D eigenvalue weighted by Crippen LogP contribution is 2.28. The Morgan fingerprint density at radius 1 is 0.806 bits per heavy atom. The molecule has 0 saturated heterocycles. The molecule has 0 unspecified atom stereocenters. The number of hydrogen-bond acceptors (Lipinski definition) is 6. The summed E-state index contributed by atoms with van der Waals surface area (Å²) in [5, 5.41) is 14.1. The van der Waals surface area contributed by atoms with E-state index in [0.29, 0.717) is 12.5 Å². The van der Waals surface area contributed by atoms with Gasteiger partial charge >= 0.3 is 0 Å². The number of hydrogen-bond donors (Lipinski definition) is 1. The van der Waals surface area contributed by atoms with Crippen molar-refractivity contribution in [3.63, 3.8) is 0 Å². The van der Waals surface area contributed by atoms with Crippen LogP contribution in [0.25, 0.3) is 10.8 Å². The molecule has 2 aromatic heterocycles. The Balaban J connectivity index is 1.37. The van der Waals surface area contributed by atoms with Gasteiger partial charge in [-0.2, -0.15) is 0 Å². The second-order valence-electron chi connectivity index (χ2n) is 7.59. The molecule has 2 aromatic carbocycles. The molecule has 158 valence electrons. The Kier molecular flexibility index (Phi) is 6.69. The lowest BCUT2D eigenvalue weighted by Gasteiger charge is -2.15. The van der Waals surface area contributed by atoms with Crippen LogP contribution in [-0.4, -0.2) is 35.8 Å². The molecule has 6 nitrogen and oxygen atoms in total. The van der Waals surface area contributed by atoms with Crippen molar-refractivity contribution in [1.82, 2.24) is 20.5 Å². The van der Waals surface area contributed by atoms with E-state index in [1.54, 1.807) is 0 Å². The van der Waals surface area contributed by atoms with Gasteiger partial charge in [0.1, 0.15) is 6.61 Å². The molecule has 0 atom stereocenters. The molecular formula is C25H27N5O. The third-order valence-electron chi connectivity index (χ3n) is 5.02. The van der Waals surface area contributed by atoms with Crippen LogP contribution in [0.5, 0.6) is 5.88 Å². The van der Waals surface area contributed by atoms with E-state index in [4.69, 9.17) is 9.72 Å². The Labute approximate surface area is 182 Å². The summed E-state index contributed by atoms with van der Waals surface area (Å²) in [5.41, 5.74) is 3.19. The van der Waals surface area contributed by atoms with Crippen molar-refractivity contribution in [1.29, 1.82) is 0 Å². The number of benzene rings is 2. The number of fused-ring (bicyclic) bond motifs is 1. The van der Waals surface area contributed by atoms with Crippen molar-refractivity contribution in [2.75, 3.05) is 25.5 Å². The number of nitrogens with one attached hydrogen (secondary N) is 1. The minimum atomic E-state index is 0.345. The zero-order valence-electron chi connectivity index (χ0n) is 18.0. The van der Waals surface area contributed by atoms with E-state index in [2.05, 4.69) is 39.8 Å². The molecule has 2 heterocycles. The molecule has 0 amide bonds. The van der Waals surface area contributed by atoms with Gasteiger partial charge in [-0.15, -0.1) is 10.2 Å². The molecule has 0 radical (unpaired) electrons. The Hall–Kier alpha value is -3.51. The van der Waals surface area contributed by atoms with Crippen LogP contribution in [0.1, 0.15) is 17.0 Å². The molecule has 4 aromatic rings. The van der Waals surface area contributed by atoms with Gasteiger partial charge in [0.25, 0.3) is 0 Å². The SMILES string of the molecule is CN(C)c1nnc(OCc2cccc(CNCCc3ccccc3)n2)c2ccccc12. The first-order valence-electron chi connectivity index (χ1n) is 10.5. The van der Waals surface area contributed by atoms with Crippen LogP contribution in [0.3, 0.4) is 0 Å². The van der Waals surface area contributed by atoms with Gasteiger partial charge < -0.3 is 15.0 Å². The van der Waals surface area contributed by atoms with Crippen molar-refractivity contribution < 1.29 is 4.74 Å². The fourth-order valence-electron chi connectivity index (χ4n) is 3.45. The normalized spacial score (nSPS) is 10.9. The third kappa shape index (κ3) is 5.35. The Morgan fingerprint density at radius 3 is 2.35 bits per heavy atom. The van der Waals surface area contributed by atoms with E-state index >= 15 is 0 Å². The zero-order valence-corrected chi connectivity index (χ0v) is 18.0. The van der Waals surface area contributed by atoms with Gasteiger partial charge in [-0.1, -0.05) is 54.6 Å². The minimum absolute atomic E-state index is 0.345. The maximum absolute atomic E-state index is 6.00. The van der Waals surface area contributed by atoms with Crippen LogP contribution >= 0.6 is 0 Å². The minimum Gasteiger partial charge on any atom is -0.470 e. The first-order valence-corrected chi connectivity index (χ1v) is 10.5. The Morgan fingerprint density at radius 2 is 1.55 bits per heavy atom. The van der Waals surface area contributed by atoms with Crippen molar-refractivity contribution in [3.8, 4) is 5.88 Å². The van der Waals surface area contributed by atoms with Crippen LogP contribution in [-0.2, 0) is 19.6 Å². The van der Waals surface area contributed by atoms with E-state index in [-0.39, 0.29) is 0 Å². The largest absolute Gasteiger partial charge is 0.470 e. The van der Waals surface area contributed by atoms with E-state index < -0.39 is 0 Å². The number of anilines is 1. The molecule has 0 bridgehead atoms. The quantitative estimate of drug-likeness (QED) is 0.419.